The van der Waals surface area contributed by atoms with Crippen molar-refractivity contribution in [2.24, 2.45) is 0 Å². The van der Waals surface area contributed by atoms with Crippen LogP contribution in [0.3, 0.4) is 0 Å². The van der Waals surface area contributed by atoms with Crippen LogP contribution in [-0.4, -0.2) is 62.9 Å². The van der Waals surface area contributed by atoms with Crippen LogP contribution < -0.4 is 11.2 Å². The van der Waals surface area contributed by atoms with Gasteiger partial charge in [0, 0.05) is 63.9 Å². The van der Waals surface area contributed by atoms with Gasteiger partial charge >= 0.3 is 5.69 Å². The van der Waals surface area contributed by atoms with Crippen molar-refractivity contribution in [2.75, 3.05) is 26.2 Å². The molecule has 0 saturated carbocycles. The van der Waals surface area contributed by atoms with Crippen molar-refractivity contribution in [1.82, 2.24) is 28.3 Å². The molecule has 3 aromatic heterocycles. The van der Waals surface area contributed by atoms with Gasteiger partial charge in [-0.15, -0.1) is 0 Å². The minimum absolute atomic E-state index is 0.234. The van der Waals surface area contributed by atoms with E-state index in [0.717, 1.165) is 24.1 Å². The van der Waals surface area contributed by atoms with Crippen LogP contribution in [0.15, 0.2) is 69.3 Å². The van der Waals surface area contributed by atoms with Crippen molar-refractivity contribution in [2.45, 2.75) is 51.2 Å². The van der Waals surface area contributed by atoms with E-state index in [1.165, 1.54) is 8.87 Å². The van der Waals surface area contributed by atoms with E-state index in [-0.39, 0.29) is 16.1 Å². The molecule has 0 amide bonds. The second-order valence-electron chi connectivity index (χ2n) is 9.89. The minimum Gasteiger partial charge on any atom is -0.349 e. The van der Waals surface area contributed by atoms with Crippen molar-refractivity contribution in [3.05, 3.63) is 81.3 Å². The van der Waals surface area contributed by atoms with E-state index in [1.807, 2.05) is 26.0 Å². The van der Waals surface area contributed by atoms with Crippen molar-refractivity contribution in [3.63, 3.8) is 0 Å². The molecule has 1 aliphatic rings. The zero-order valence-corrected chi connectivity index (χ0v) is 23.2. The summed E-state index contributed by atoms with van der Waals surface area (Å²) in [6.45, 7) is 7.71. The lowest BCUT2D eigenvalue weighted by molar-refractivity contribution is 0.181. The van der Waals surface area contributed by atoms with Gasteiger partial charge in [0.05, 0.1) is 10.4 Å². The summed E-state index contributed by atoms with van der Waals surface area (Å²) in [5.41, 5.74) is 2.87. The molecule has 4 aromatic rings. The van der Waals surface area contributed by atoms with Crippen molar-refractivity contribution < 1.29 is 8.42 Å². The molecule has 10 nitrogen and oxygen atoms in total. The Balaban J connectivity index is 1.36. The summed E-state index contributed by atoms with van der Waals surface area (Å²) in [6, 6.07) is 12.4. The van der Waals surface area contributed by atoms with Gasteiger partial charge in [-0.3, -0.25) is 23.8 Å². The first kappa shape index (κ1) is 27.0. The average molecular weight is 551 g/mol. The minimum atomic E-state index is -3.63. The van der Waals surface area contributed by atoms with Crippen LogP contribution in [0.25, 0.3) is 22.3 Å². The average Bonchev–Trinajstić information content (AvgIpc) is 3.40. The van der Waals surface area contributed by atoms with Crippen LogP contribution in [0.5, 0.6) is 0 Å². The maximum Gasteiger partial charge on any atom is 0.331 e. The lowest BCUT2D eigenvalue weighted by Crippen LogP contribution is -2.48. The summed E-state index contributed by atoms with van der Waals surface area (Å²) in [6.07, 6.45) is 4.96. The fourth-order valence-electron chi connectivity index (χ4n) is 5.14. The number of piperazine rings is 1. The highest BCUT2D eigenvalue weighted by Gasteiger charge is 2.28. The quantitative estimate of drug-likeness (QED) is 0.343. The SMILES string of the molecule is CCCn1c(=O)c2[nH]c(-c3ccc(S(=O)(=O)N4CCN(Cc5ccncc5)CC4)cc3)cc2n(CCC)c1=O. The summed E-state index contributed by atoms with van der Waals surface area (Å²) in [7, 11) is -3.63. The number of nitrogens with zero attached hydrogens (tertiary/aromatic N) is 5. The Bertz CT molecular complexity index is 1670. The van der Waals surface area contributed by atoms with E-state index >= 15 is 0 Å². The van der Waals surface area contributed by atoms with Gasteiger partial charge < -0.3 is 4.98 Å². The van der Waals surface area contributed by atoms with Gasteiger partial charge in [0.15, 0.2) is 0 Å². The summed E-state index contributed by atoms with van der Waals surface area (Å²) in [5.74, 6) is 0. The van der Waals surface area contributed by atoms with Gasteiger partial charge in [-0.05, 0) is 54.3 Å². The molecule has 1 aliphatic heterocycles. The molecule has 5 rings (SSSR count). The number of hydrogen-bond donors (Lipinski definition) is 1. The fraction of sp³-hybridized carbons (Fsp3) is 0.393. The van der Waals surface area contributed by atoms with E-state index in [0.29, 0.717) is 62.4 Å². The van der Waals surface area contributed by atoms with Gasteiger partial charge in [-0.25, -0.2) is 13.2 Å². The molecular weight excluding hydrogens is 516 g/mol. The maximum absolute atomic E-state index is 13.3. The third-order valence-corrected chi connectivity index (χ3v) is 9.11. The molecule has 1 fully saturated rings. The summed E-state index contributed by atoms with van der Waals surface area (Å²) in [5, 5.41) is 0. The van der Waals surface area contributed by atoms with Crippen molar-refractivity contribution in [1.29, 1.82) is 0 Å². The molecule has 0 aliphatic carbocycles. The normalized spacial score (nSPS) is 15.2. The first-order valence-corrected chi connectivity index (χ1v) is 14.9. The molecular formula is C28H34N6O4S. The molecule has 0 unspecified atom stereocenters. The first-order chi connectivity index (χ1) is 18.8. The number of hydrogen-bond acceptors (Lipinski definition) is 6. The first-order valence-electron chi connectivity index (χ1n) is 13.4. The van der Waals surface area contributed by atoms with Gasteiger partial charge in [0.2, 0.25) is 10.0 Å². The highest BCUT2D eigenvalue weighted by atomic mass is 32.2. The number of H-pyrrole nitrogens is 1. The Morgan fingerprint density at radius 1 is 0.872 bits per heavy atom. The largest absolute Gasteiger partial charge is 0.349 e. The van der Waals surface area contributed by atoms with Crippen LogP contribution in [0.2, 0.25) is 0 Å². The molecule has 11 heteroatoms. The fourth-order valence-corrected chi connectivity index (χ4v) is 6.56. The van der Waals surface area contributed by atoms with Gasteiger partial charge in [0.25, 0.3) is 5.56 Å². The predicted molar refractivity (Wildman–Crippen MR) is 151 cm³/mol. The molecule has 1 aromatic carbocycles. The Morgan fingerprint density at radius 2 is 1.51 bits per heavy atom. The van der Waals surface area contributed by atoms with E-state index in [4.69, 9.17) is 0 Å². The van der Waals surface area contributed by atoms with Crippen LogP contribution in [0, 0.1) is 0 Å². The topological polar surface area (TPSA) is 113 Å². The zero-order valence-electron chi connectivity index (χ0n) is 22.3. The molecule has 1 saturated heterocycles. The highest BCUT2D eigenvalue weighted by molar-refractivity contribution is 7.89. The van der Waals surface area contributed by atoms with Crippen LogP contribution >= 0.6 is 0 Å². The summed E-state index contributed by atoms with van der Waals surface area (Å²) >= 11 is 0. The summed E-state index contributed by atoms with van der Waals surface area (Å²) in [4.78, 5) is 35.7. The molecule has 1 N–H and O–H groups in total. The Kier molecular flexibility index (Phi) is 7.83. The zero-order chi connectivity index (χ0) is 27.6. The highest BCUT2D eigenvalue weighted by Crippen LogP contribution is 2.25. The maximum atomic E-state index is 13.3. The number of pyridine rings is 1. The smallest absolute Gasteiger partial charge is 0.331 e. The number of rotatable bonds is 9. The molecule has 0 bridgehead atoms. The van der Waals surface area contributed by atoms with Gasteiger partial charge in [-0.2, -0.15) is 4.31 Å². The van der Waals surface area contributed by atoms with Crippen molar-refractivity contribution >= 4 is 21.1 Å². The predicted octanol–water partition coefficient (Wildman–Crippen LogP) is 2.88. The monoisotopic (exact) mass is 550 g/mol. The molecule has 0 spiro atoms. The Morgan fingerprint density at radius 3 is 2.15 bits per heavy atom. The summed E-state index contributed by atoms with van der Waals surface area (Å²) < 4.78 is 31.2. The van der Waals surface area contributed by atoms with Gasteiger partial charge in [0.1, 0.15) is 5.52 Å². The van der Waals surface area contributed by atoms with Gasteiger partial charge in [-0.1, -0.05) is 26.0 Å². The number of aromatic amines is 1. The third-order valence-electron chi connectivity index (χ3n) is 7.19. The van der Waals surface area contributed by atoms with E-state index in [2.05, 4.69) is 14.9 Å². The van der Waals surface area contributed by atoms with E-state index in [9.17, 15) is 18.0 Å². The van der Waals surface area contributed by atoms with E-state index < -0.39 is 10.0 Å². The number of aromatic nitrogens is 4. The number of fused-ring (bicyclic) bond motifs is 1. The Hall–Kier alpha value is -3.54. The number of aryl methyl sites for hydroxylation is 1. The van der Waals surface area contributed by atoms with Crippen LogP contribution in [0.4, 0.5) is 0 Å². The number of benzene rings is 1. The lowest BCUT2D eigenvalue weighted by Gasteiger charge is -2.34. The molecule has 4 heterocycles. The second kappa shape index (κ2) is 11.3. The molecule has 0 atom stereocenters. The molecule has 206 valence electrons. The lowest BCUT2D eigenvalue weighted by atomic mass is 10.1. The van der Waals surface area contributed by atoms with Crippen LogP contribution in [0.1, 0.15) is 32.3 Å². The van der Waals surface area contributed by atoms with E-state index in [1.54, 1.807) is 47.3 Å². The van der Waals surface area contributed by atoms with Crippen molar-refractivity contribution in [3.8, 4) is 11.3 Å². The number of nitrogens with one attached hydrogen (secondary N) is 1. The number of sulfonamides is 1. The molecule has 39 heavy (non-hydrogen) atoms. The third kappa shape index (κ3) is 5.34. The molecule has 0 radical (unpaired) electrons. The van der Waals surface area contributed by atoms with Crippen LogP contribution in [-0.2, 0) is 29.7 Å². The second-order valence-corrected chi connectivity index (χ2v) is 11.8. The Labute approximate surface area is 227 Å². The standard InChI is InChI=1S/C28H34N6O4S/c1-3-13-33-25-19-24(30-26(25)27(35)34(14-4-2)28(33)36)22-5-7-23(8-6-22)39(37,38)32-17-15-31(16-18-32)20-21-9-11-29-12-10-21/h5-12,19,30H,3-4,13-18,20H2,1-2H3.